The summed E-state index contributed by atoms with van der Waals surface area (Å²) in [7, 11) is 0. The molecule has 0 saturated carbocycles. The Balaban J connectivity index is 1.51. The van der Waals surface area contributed by atoms with E-state index in [4.69, 9.17) is 16.3 Å². The van der Waals surface area contributed by atoms with Gasteiger partial charge in [-0.3, -0.25) is 14.5 Å². The third-order valence-corrected chi connectivity index (χ3v) is 9.62. The molecule has 3 aromatic carbocycles. The molecule has 1 aromatic heterocycles. The fourth-order valence-corrected chi connectivity index (χ4v) is 7.10. The standard InChI is InChI=1S/C33H36BrClN4O3S/c1-23(40)39(22-24-8-11-26(35)12-9-24)31(29-21-37-30-13-10-25(34)20-28(29)30)32(43-27-6-3-2-4-7-27)33(41)36-14-5-15-38-16-18-42-19-17-38/h2-4,6-13,20-21,31-32,37H,5,14-19,22H2,1H3,(H,36,41). The molecule has 2 atom stereocenters. The van der Waals surface area contributed by atoms with E-state index in [1.165, 1.54) is 11.8 Å². The number of morpholine rings is 1. The van der Waals surface area contributed by atoms with Crippen molar-refractivity contribution in [2.24, 2.45) is 0 Å². The minimum absolute atomic E-state index is 0.104. The average molecular weight is 684 g/mol. The fourth-order valence-electron chi connectivity index (χ4n) is 5.39. The number of aromatic nitrogens is 1. The highest BCUT2D eigenvalue weighted by Gasteiger charge is 2.38. The van der Waals surface area contributed by atoms with Gasteiger partial charge in [-0.1, -0.05) is 57.9 Å². The fraction of sp³-hybridized carbons (Fsp3) is 0.333. The van der Waals surface area contributed by atoms with Crippen LogP contribution in [0.3, 0.4) is 0 Å². The number of halogens is 2. The molecule has 5 rings (SSSR count). The lowest BCUT2D eigenvalue weighted by Crippen LogP contribution is -2.45. The first-order chi connectivity index (χ1) is 20.9. The van der Waals surface area contributed by atoms with Crippen molar-refractivity contribution in [1.29, 1.82) is 0 Å². The first kappa shape index (κ1) is 31.6. The molecule has 2 heterocycles. The van der Waals surface area contributed by atoms with Gasteiger partial charge in [0, 0.05) is 70.2 Å². The number of aromatic amines is 1. The first-order valence-electron chi connectivity index (χ1n) is 14.5. The zero-order valence-electron chi connectivity index (χ0n) is 24.1. The highest BCUT2D eigenvalue weighted by Crippen LogP contribution is 2.40. The van der Waals surface area contributed by atoms with Crippen molar-refractivity contribution in [2.75, 3.05) is 39.4 Å². The number of thioether (sulfide) groups is 1. The van der Waals surface area contributed by atoms with Crippen molar-refractivity contribution in [3.63, 3.8) is 0 Å². The summed E-state index contributed by atoms with van der Waals surface area (Å²) in [6.07, 6.45) is 2.77. The van der Waals surface area contributed by atoms with Gasteiger partial charge >= 0.3 is 0 Å². The van der Waals surface area contributed by atoms with Gasteiger partial charge in [0.05, 0.1) is 19.3 Å². The van der Waals surface area contributed by atoms with Crippen molar-refractivity contribution in [3.8, 4) is 0 Å². The van der Waals surface area contributed by atoms with Gasteiger partial charge in [0.25, 0.3) is 0 Å². The van der Waals surface area contributed by atoms with Gasteiger partial charge in [-0.2, -0.15) is 0 Å². The van der Waals surface area contributed by atoms with Crippen LogP contribution in [0, 0.1) is 0 Å². The summed E-state index contributed by atoms with van der Waals surface area (Å²) in [5.41, 5.74) is 2.75. The molecule has 2 amide bonds. The van der Waals surface area contributed by atoms with Gasteiger partial charge in [0.2, 0.25) is 11.8 Å². The first-order valence-corrected chi connectivity index (χ1v) is 16.5. The number of H-pyrrole nitrogens is 1. The van der Waals surface area contributed by atoms with E-state index in [9.17, 15) is 9.59 Å². The SMILES string of the molecule is CC(=O)N(Cc1ccc(Cl)cc1)C(c1c[nH]c2ccc(Br)cc12)C(Sc1ccccc1)C(=O)NCCCN1CCOCC1. The molecule has 1 saturated heterocycles. The largest absolute Gasteiger partial charge is 0.379 e. The summed E-state index contributed by atoms with van der Waals surface area (Å²) in [5.74, 6) is -0.226. The third kappa shape index (κ3) is 8.42. The number of carbonyl (C=O) groups excluding carboxylic acids is 2. The van der Waals surface area contributed by atoms with E-state index in [0.717, 1.165) is 70.7 Å². The summed E-state index contributed by atoms with van der Waals surface area (Å²) >= 11 is 11.3. The number of nitrogens with zero attached hydrogens (tertiary/aromatic N) is 2. The number of hydrogen-bond donors (Lipinski definition) is 2. The van der Waals surface area contributed by atoms with E-state index < -0.39 is 11.3 Å². The summed E-state index contributed by atoms with van der Waals surface area (Å²) < 4.78 is 6.39. The summed E-state index contributed by atoms with van der Waals surface area (Å²) in [4.78, 5) is 36.2. The second-order valence-electron chi connectivity index (χ2n) is 10.6. The second kappa shape index (κ2) is 15.3. The molecule has 1 aliphatic rings. The molecule has 226 valence electrons. The molecule has 10 heteroatoms. The van der Waals surface area contributed by atoms with Crippen LogP contribution in [0.5, 0.6) is 0 Å². The zero-order valence-corrected chi connectivity index (χ0v) is 27.3. The number of carbonyl (C=O) groups is 2. The average Bonchev–Trinajstić information content (AvgIpc) is 3.43. The lowest BCUT2D eigenvalue weighted by atomic mass is 9.99. The number of fused-ring (bicyclic) bond motifs is 1. The maximum atomic E-state index is 14.2. The topological polar surface area (TPSA) is 77.7 Å². The van der Waals surface area contributed by atoms with Crippen LogP contribution < -0.4 is 5.32 Å². The van der Waals surface area contributed by atoms with Gasteiger partial charge in [0.1, 0.15) is 5.25 Å². The number of nitrogens with one attached hydrogen (secondary N) is 2. The molecular weight excluding hydrogens is 648 g/mol. The molecule has 0 spiro atoms. The zero-order chi connectivity index (χ0) is 30.2. The molecule has 1 fully saturated rings. The van der Waals surface area contributed by atoms with Crippen LogP contribution in [0.1, 0.15) is 30.5 Å². The van der Waals surface area contributed by atoms with E-state index >= 15 is 0 Å². The van der Waals surface area contributed by atoms with Crippen LogP contribution in [0.25, 0.3) is 10.9 Å². The Morgan fingerprint density at radius 2 is 1.84 bits per heavy atom. The smallest absolute Gasteiger partial charge is 0.235 e. The minimum atomic E-state index is -0.625. The molecule has 0 radical (unpaired) electrons. The highest BCUT2D eigenvalue weighted by atomic mass is 79.9. The molecule has 43 heavy (non-hydrogen) atoms. The van der Waals surface area contributed by atoms with Crippen LogP contribution in [-0.4, -0.2) is 71.2 Å². The molecule has 0 aliphatic carbocycles. The van der Waals surface area contributed by atoms with E-state index in [1.807, 2.05) is 79.0 Å². The Hall–Kier alpha value is -2.82. The van der Waals surface area contributed by atoms with Gasteiger partial charge < -0.3 is 19.9 Å². The number of amides is 2. The molecule has 2 N–H and O–H groups in total. The molecule has 2 unspecified atom stereocenters. The third-order valence-electron chi connectivity index (χ3n) is 7.61. The van der Waals surface area contributed by atoms with E-state index in [1.54, 1.807) is 11.8 Å². The normalized spacial score (nSPS) is 15.2. The number of benzene rings is 3. The summed E-state index contributed by atoms with van der Waals surface area (Å²) in [5, 5.41) is 4.18. The summed E-state index contributed by atoms with van der Waals surface area (Å²) in [6.45, 7) is 6.67. The monoisotopic (exact) mass is 682 g/mol. The van der Waals surface area contributed by atoms with Crippen LogP contribution in [0.15, 0.2) is 88.4 Å². The maximum absolute atomic E-state index is 14.2. The lowest BCUT2D eigenvalue weighted by Gasteiger charge is -2.36. The van der Waals surface area contributed by atoms with Crippen LogP contribution >= 0.6 is 39.3 Å². The Morgan fingerprint density at radius 1 is 1.09 bits per heavy atom. The predicted molar refractivity (Wildman–Crippen MR) is 177 cm³/mol. The quantitative estimate of drug-likeness (QED) is 0.129. The predicted octanol–water partition coefficient (Wildman–Crippen LogP) is 6.67. The molecule has 0 bridgehead atoms. The molecule has 4 aromatic rings. The Labute approximate surface area is 270 Å². The minimum Gasteiger partial charge on any atom is -0.379 e. The van der Waals surface area contributed by atoms with Gasteiger partial charge in [0.15, 0.2) is 0 Å². The van der Waals surface area contributed by atoms with Crippen molar-refractivity contribution in [2.45, 2.75) is 36.1 Å². The maximum Gasteiger partial charge on any atom is 0.235 e. The molecule has 7 nitrogen and oxygen atoms in total. The number of rotatable bonds is 12. The summed E-state index contributed by atoms with van der Waals surface area (Å²) in [6, 6.07) is 22.8. The van der Waals surface area contributed by atoms with Crippen molar-refractivity contribution < 1.29 is 14.3 Å². The van der Waals surface area contributed by atoms with E-state index in [0.29, 0.717) is 18.1 Å². The second-order valence-corrected chi connectivity index (χ2v) is 13.2. The van der Waals surface area contributed by atoms with Crippen LogP contribution in [0.2, 0.25) is 5.02 Å². The van der Waals surface area contributed by atoms with Crippen LogP contribution in [-0.2, 0) is 20.9 Å². The lowest BCUT2D eigenvalue weighted by molar-refractivity contribution is -0.133. The van der Waals surface area contributed by atoms with Gasteiger partial charge in [-0.15, -0.1) is 11.8 Å². The highest BCUT2D eigenvalue weighted by molar-refractivity contribution is 9.10. The van der Waals surface area contributed by atoms with E-state index in [-0.39, 0.29) is 11.8 Å². The Bertz CT molecular complexity index is 1510. The van der Waals surface area contributed by atoms with Gasteiger partial charge in [-0.25, -0.2) is 0 Å². The Kier molecular flexibility index (Phi) is 11.2. The van der Waals surface area contributed by atoms with Crippen molar-refractivity contribution >= 4 is 62.0 Å². The Morgan fingerprint density at radius 3 is 2.56 bits per heavy atom. The van der Waals surface area contributed by atoms with E-state index in [2.05, 4.69) is 31.1 Å². The molecule has 1 aliphatic heterocycles. The van der Waals surface area contributed by atoms with Crippen molar-refractivity contribution in [1.82, 2.24) is 20.1 Å². The number of ether oxygens (including phenoxy) is 1. The van der Waals surface area contributed by atoms with Crippen LogP contribution in [0.4, 0.5) is 0 Å². The van der Waals surface area contributed by atoms with Crippen molar-refractivity contribution in [3.05, 3.63) is 99.6 Å². The molecular formula is C33H36BrClN4O3S. The number of hydrogen-bond acceptors (Lipinski definition) is 5. The van der Waals surface area contributed by atoms with Gasteiger partial charge in [-0.05, 0) is 61.0 Å².